The highest BCUT2D eigenvalue weighted by atomic mass is 16.6. The summed E-state index contributed by atoms with van der Waals surface area (Å²) in [5, 5.41) is 9.38. The zero-order valence-electron chi connectivity index (χ0n) is 12.4. The van der Waals surface area contributed by atoms with Crippen LogP contribution < -0.4 is 0 Å². The summed E-state index contributed by atoms with van der Waals surface area (Å²) in [4.78, 5) is 29.0. The number of carboxylic acid groups (broad SMARTS) is 1. The molecule has 2 heterocycles. The minimum atomic E-state index is -0.900. The maximum Gasteiger partial charge on any atom is 0.410 e. The Morgan fingerprint density at radius 2 is 1.90 bits per heavy atom. The molecule has 21 heavy (non-hydrogen) atoms. The van der Waals surface area contributed by atoms with Gasteiger partial charge in [0.15, 0.2) is 0 Å². The van der Waals surface area contributed by atoms with Crippen LogP contribution in [-0.2, 0) is 9.53 Å². The van der Waals surface area contributed by atoms with Gasteiger partial charge in [-0.05, 0) is 38.5 Å². The molecule has 114 valence electrons. The van der Waals surface area contributed by atoms with Crippen LogP contribution in [0.4, 0.5) is 4.79 Å². The van der Waals surface area contributed by atoms with Crippen molar-refractivity contribution in [3.8, 4) is 0 Å². The van der Waals surface area contributed by atoms with E-state index in [1.807, 2.05) is 0 Å². The van der Waals surface area contributed by atoms with Gasteiger partial charge >= 0.3 is 12.1 Å². The minimum absolute atomic E-state index is 0.164. The van der Waals surface area contributed by atoms with Gasteiger partial charge in [-0.3, -0.25) is 9.78 Å². The predicted molar refractivity (Wildman–Crippen MR) is 75.9 cm³/mol. The number of carboxylic acids is 1. The number of aromatic nitrogens is 1. The number of carbonyl (C=O) groups is 2. The molecule has 6 heteroatoms. The molecule has 1 aromatic rings. The number of rotatable bonds is 2. The van der Waals surface area contributed by atoms with Crippen molar-refractivity contribution in [1.82, 2.24) is 9.88 Å². The van der Waals surface area contributed by atoms with Crippen LogP contribution >= 0.6 is 0 Å². The summed E-state index contributed by atoms with van der Waals surface area (Å²) in [5.74, 6) is -1.76. The predicted octanol–water partition coefficient (Wildman–Crippen LogP) is 2.12. The first kappa shape index (κ1) is 15.3. The molecule has 2 atom stereocenters. The van der Waals surface area contributed by atoms with Crippen molar-refractivity contribution in [2.75, 3.05) is 13.1 Å². The molecule has 1 saturated heterocycles. The van der Waals surface area contributed by atoms with Gasteiger partial charge in [0, 0.05) is 31.4 Å². The molecule has 0 saturated carbocycles. The van der Waals surface area contributed by atoms with Gasteiger partial charge < -0.3 is 14.7 Å². The third-order valence-electron chi connectivity index (χ3n) is 3.42. The summed E-state index contributed by atoms with van der Waals surface area (Å²) in [6.07, 6.45) is 2.79. The van der Waals surface area contributed by atoms with E-state index in [1.165, 1.54) is 4.90 Å². The lowest BCUT2D eigenvalue weighted by Crippen LogP contribution is -2.35. The molecule has 0 aromatic carbocycles. The van der Waals surface area contributed by atoms with Gasteiger partial charge in [0.05, 0.1) is 5.92 Å². The van der Waals surface area contributed by atoms with Gasteiger partial charge in [0.2, 0.25) is 0 Å². The summed E-state index contributed by atoms with van der Waals surface area (Å²) < 4.78 is 5.32. The van der Waals surface area contributed by atoms with Crippen molar-refractivity contribution >= 4 is 12.1 Å². The van der Waals surface area contributed by atoms with Gasteiger partial charge in [0.25, 0.3) is 0 Å². The van der Waals surface area contributed by atoms with Crippen LogP contribution in [0, 0.1) is 5.92 Å². The molecule has 1 N–H and O–H groups in total. The maximum absolute atomic E-state index is 12.1. The van der Waals surface area contributed by atoms with Crippen LogP contribution in [-0.4, -0.2) is 45.7 Å². The van der Waals surface area contributed by atoms with E-state index in [0.29, 0.717) is 6.54 Å². The number of likely N-dealkylation sites (tertiary alicyclic amines) is 1. The standard InChI is InChI=1S/C15H20N2O4/c1-15(2,3)21-14(20)17-8-11(12(9-17)13(18)19)10-4-6-16-7-5-10/h4-7,11-12H,8-9H2,1-3H3,(H,18,19). The summed E-state index contributed by atoms with van der Waals surface area (Å²) >= 11 is 0. The van der Waals surface area contributed by atoms with Gasteiger partial charge in [-0.25, -0.2) is 4.79 Å². The smallest absolute Gasteiger partial charge is 0.410 e. The van der Waals surface area contributed by atoms with Crippen LogP contribution in [0.2, 0.25) is 0 Å². The number of hydrogen-bond acceptors (Lipinski definition) is 4. The second-order valence-electron chi connectivity index (χ2n) is 6.22. The minimum Gasteiger partial charge on any atom is -0.481 e. The Labute approximate surface area is 123 Å². The van der Waals surface area contributed by atoms with Crippen molar-refractivity contribution in [2.24, 2.45) is 5.92 Å². The van der Waals surface area contributed by atoms with E-state index in [0.717, 1.165) is 5.56 Å². The third kappa shape index (κ3) is 3.71. The van der Waals surface area contributed by atoms with Crippen molar-refractivity contribution < 1.29 is 19.4 Å². The topological polar surface area (TPSA) is 79.7 Å². The Hall–Kier alpha value is -2.11. The summed E-state index contributed by atoms with van der Waals surface area (Å²) in [7, 11) is 0. The van der Waals surface area contributed by atoms with Gasteiger partial charge in [-0.15, -0.1) is 0 Å². The van der Waals surface area contributed by atoms with Crippen molar-refractivity contribution in [1.29, 1.82) is 0 Å². The largest absolute Gasteiger partial charge is 0.481 e. The number of ether oxygens (including phenoxy) is 1. The molecule has 1 amide bonds. The van der Waals surface area contributed by atoms with E-state index in [9.17, 15) is 14.7 Å². The van der Waals surface area contributed by atoms with Crippen LogP contribution in [0.15, 0.2) is 24.5 Å². The van der Waals surface area contributed by atoms with E-state index in [2.05, 4.69) is 4.98 Å². The fourth-order valence-electron chi connectivity index (χ4n) is 2.48. The van der Waals surface area contributed by atoms with E-state index in [-0.39, 0.29) is 12.5 Å². The molecule has 0 radical (unpaired) electrons. The van der Waals surface area contributed by atoms with Gasteiger partial charge in [0.1, 0.15) is 5.60 Å². The maximum atomic E-state index is 12.1. The number of carbonyl (C=O) groups excluding carboxylic acids is 1. The molecule has 0 aliphatic carbocycles. The molecule has 1 aliphatic heterocycles. The molecule has 2 rings (SSSR count). The Morgan fingerprint density at radius 3 is 2.43 bits per heavy atom. The molecular weight excluding hydrogens is 272 g/mol. The quantitative estimate of drug-likeness (QED) is 0.903. The van der Waals surface area contributed by atoms with E-state index >= 15 is 0 Å². The zero-order valence-corrected chi connectivity index (χ0v) is 12.4. The van der Waals surface area contributed by atoms with Crippen LogP contribution in [0.5, 0.6) is 0 Å². The normalized spacial score (nSPS) is 22.1. The fraction of sp³-hybridized carbons (Fsp3) is 0.533. The average molecular weight is 292 g/mol. The Morgan fingerprint density at radius 1 is 1.29 bits per heavy atom. The highest BCUT2D eigenvalue weighted by Crippen LogP contribution is 2.33. The lowest BCUT2D eigenvalue weighted by atomic mass is 9.90. The van der Waals surface area contributed by atoms with Crippen molar-refractivity contribution in [3.05, 3.63) is 30.1 Å². The second-order valence-corrected chi connectivity index (χ2v) is 6.22. The number of amides is 1. The molecular formula is C15H20N2O4. The molecule has 1 aromatic heterocycles. The molecule has 0 bridgehead atoms. The van der Waals surface area contributed by atoms with E-state index < -0.39 is 23.6 Å². The third-order valence-corrected chi connectivity index (χ3v) is 3.42. The molecule has 1 fully saturated rings. The Bertz CT molecular complexity index is 524. The Balaban J connectivity index is 2.16. The second kappa shape index (κ2) is 5.71. The first-order chi connectivity index (χ1) is 9.78. The summed E-state index contributed by atoms with van der Waals surface area (Å²) in [5.41, 5.74) is 0.286. The molecule has 2 unspecified atom stereocenters. The van der Waals surface area contributed by atoms with Crippen LogP contribution in [0.1, 0.15) is 32.3 Å². The van der Waals surface area contributed by atoms with Crippen LogP contribution in [0.3, 0.4) is 0 Å². The fourth-order valence-corrected chi connectivity index (χ4v) is 2.48. The molecule has 0 spiro atoms. The van der Waals surface area contributed by atoms with E-state index in [4.69, 9.17) is 4.74 Å². The van der Waals surface area contributed by atoms with Crippen LogP contribution in [0.25, 0.3) is 0 Å². The SMILES string of the molecule is CC(C)(C)OC(=O)N1CC(C(=O)O)C(c2ccncc2)C1. The zero-order chi connectivity index (χ0) is 15.6. The average Bonchev–Trinajstić information content (AvgIpc) is 2.83. The molecule has 6 nitrogen and oxygen atoms in total. The molecule has 1 aliphatic rings. The first-order valence-electron chi connectivity index (χ1n) is 6.88. The highest BCUT2D eigenvalue weighted by Gasteiger charge is 2.41. The summed E-state index contributed by atoms with van der Waals surface area (Å²) in [6, 6.07) is 3.58. The monoisotopic (exact) mass is 292 g/mol. The Kier molecular flexibility index (Phi) is 4.16. The lowest BCUT2D eigenvalue weighted by molar-refractivity contribution is -0.141. The lowest BCUT2D eigenvalue weighted by Gasteiger charge is -2.24. The van der Waals surface area contributed by atoms with Crippen molar-refractivity contribution in [2.45, 2.75) is 32.3 Å². The highest BCUT2D eigenvalue weighted by molar-refractivity contribution is 5.75. The number of pyridine rings is 1. The van der Waals surface area contributed by atoms with Crippen molar-refractivity contribution in [3.63, 3.8) is 0 Å². The summed E-state index contributed by atoms with van der Waals surface area (Å²) in [6.45, 7) is 5.87. The number of hydrogen-bond donors (Lipinski definition) is 1. The van der Waals surface area contributed by atoms with Gasteiger partial charge in [-0.2, -0.15) is 0 Å². The van der Waals surface area contributed by atoms with Gasteiger partial charge in [-0.1, -0.05) is 0 Å². The number of aliphatic carboxylic acids is 1. The van der Waals surface area contributed by atoms with E-state index in [1.54, 1.807) is 45.3 Å². The first-order valence-corrected chi connectivity index (χ1v) is 6.88. The number of nitrogens with zero attached hydrogens (tertiary/aromatic N) is 2.